The minimum Gasteiger partial charge on any atom is -0.363 e. The van der Waals surface area contributed by atoms with Gasteiger partial charge in [0, 0.05) is 5.54 Å². The van der Waals surface area contributed by atoms with E-state index in [9.17, 15) is 0 Å². The highest BCUT2D eigenvalue weighted by Crippen LogP contribution is 2.48. The molecule has 2 atom stereocenters. The summed E-state index contributed by atoms with van der Waals surface area (Å²) in [4.78, 5) is 0. The van der Waals surface area contributed by atoms with Crippen LogP contribution in [0.15, 0.2) is 0 Å². The molecule has 0 N–H and O–H groups in total. The lowest BCUT2D eigenvalue weighted by Gasteiger charge is -2.49. The third kappa shape index (κ3) is 1.65. The molecule has 1 saturated heterocycles. The van der Waals surface area contributed by atoms with Crippen LogP contribution in [0.25, 0.3) is 0 Å². The van der Waals surface area contributed by atoms with Crippen LogP contribution in [-0.4, -0.2) is 20.8 Å². The topological polar surface area (TPSA) is 33.0 Å². The number of hydrogen-bond acceptors (Lipinski definition) is 2. The van der Waals surface area contributed by atoms with Gasteiger partial charge in [-0.3, -0.25) is 0 Å². The van der Waals surface area contributed by atoms with Gasteiger partial charge in [0.25, 0.3) is 0 Å². The lowest BCUT2D eigenvalue weighted by atomic mass is 10.2. The molecule has 1 aliphatic heterocycles. The average Bonchev–Trinajstić information content (AvgIpc) is 1.81. The predicted molar refractivity (Wildman–Crippen MR) is 56.3 cm³/mol. The second-order valence-corrected chi connectivity index (χ2v) is 11.1. The highest BCUT2D eigenvalue weighted by molar-refractivity contribution is 6.81. The maximum absolute atomic E-state index is 8.83. The molecule has 0 aromatic carbocycles. The van der Waals surface area contributed by atoms with E-state index in [0.29, 0.717) is 10.6 Å². The smallest absolute Gasteiger partial charge is 0.146 e. The molecule has 2 nitrogen and oxygen atoms in total. The zero-order valence-corrected chi connectivity index (χ0v) is 10.2. The number of hydrogen-bond donors (Lipinski definition) is 0. The molecule has 0 aromatic heterocycles. The van der Waals surface area contributed by atoms with Crippen molar-refractivity contribution >= 4 is 8.07 Å². The normalized spacial score (nSPS) is 29.2. The molecule has 2 unspecified atom stereocenters. The van der Waals surface area contributed by atoms with Crippen LogP contribution in [-0.2, 0) is 4.74 Å². The Bertz CT molecular complexity index is 236. The quantitative estimate of drug-likeness (QED) is 0.606. The van der Waals surface area contributed by atoms with Crippen LogP contribution in [0.1, 0.15) is 20.8 Å². The van der Waals surface area contributed by atoms with Gasteiger partial charge in [-0.05, 0) is 5.04 Å². The fraction of sp³-hybridized carbons (Fsp3) is 0.900. The fourth-order valence-corrected chi connectivity index (χ4v) is 4.11. The van der Waals surface area contributed by atoms with Crippen LogP contribution in [0.5, 0.6) is 0 Å². The molecule has 1 aliphatic rings. The van der Waals surface area contributed by atoms with E-state index in [1.165, 1.54) is 0 Å². The maximum Gasteiger partial charge on any atom is 0.146 e. The molecule has 1 rings (SSSR count). The van der Waals surface area contributed by atoms with Crippen LogP contribution >= 0.6 is 0 Å². The molecule has 3 heteroatoms. The molecular formula is C10H19NOSi. The molecule has 0 spiro atoms. The van der Waals surface area contributed by atoms with E-state index >= 15 is 0 Å². The molecule has 0 amide bonds. The molecule has 0 radical (unpaired) electrons. The molecule has 13 heavy (non-hydrogen) atoms. The minimum absolute atomic E-state index is 0.124. The zero-order valence-electron chi connectivity index (χ0n) is 9.22. The van der Waals surface area contributed by atoms with Gasteiger partial charge in [0.05, 0.1) is 20.7 Å². The van der Waals surface area contributed by atoms with E-state index in [-0.39, 0.29) is 6.10 Å². The summed E-state index contributed by atoms with van der Waals surface area (Å²) in [5, 5.41) is 9.19. The van der Waals surface area contributed by atoms with Crippen LogP contribution < -0.4 is 0 Å². The Morgan fingerprint density at radius 3 is 2.15 bits per heavy atom. The van der Waals surface area contributed by atoms with Gasteiger partial charge in [0.1, 0.15) is 6.10 Å². The van der Waals surface area contributed by atoms with Crippen molar-refractivity contribution in [3.63, 3.8) is 0 Å². The van der Waals surface area contributed by atoms with E-state index in [0.717, 1.165) is 6.61 Å². The lowest BCUT2D eigenvalue weighted by Crippen LogP contribution is -2.54. The van der Waals surface area contributed by atoms with Gasteiger partial charge in [-0.1, -0.05) is 33.9 Å². The van der Waals surface area contributed by atoms with Gasteiger partial charge in [-0.15, -0.1) is 0 Å². The summed E-state index contributed by atoms with van der Waals surface area (Å²) < 4.78 is 5.25. The molecule has 0 aliphatic carbocycles. The van der Waals surface area contributed by atoms with Gasteiger partial charge in [0.15, 0.2) is 0 Å². The summed E-state index contributed by atoms with van der Waals surface area (Å²) in [7, 11) is -1.35. The molecule has 0 aromatic rings. The SMILES string of the molecule is CC(C)(C)[Si](C)(C)C1COC1C#N. The summed E-state index contributed by atoms with van der Waals surface area (Å²) in [5.41, 5.74) is 0.525. The monoisotopic (exact) mass is 197 g/mol. The maximum atomic E-state index is 8.83. The summed E-state index contributed by atoms with van der Waals surface area (Å²) in [5.74, 6) is 0. The van der Waals surface area contributed by atoms with Gasteiger partial charge in [-0.25, -0.2) is 0 Å². The van der Waals surface area contributed by atoms with Crippen LogP contribution in [0.3, 0.4) is 0 Å². The minimum atomic E-state index is -1.35. The molecule has 74 valence electrons. The Labute approximate surface area is 81.9 Å². The number of ether oxygens (including phenoxy) is 1. The third-order valence-corrected chi connectivity index (χ3v) is 10.00. The van der Waals surface area contributed by atoms with Crippen LogP contribution in [0.4, 0.5) is 0 Å². The number of nitriles is 1. The Morgan fingerprint density at radius 1 is 1.38 bits per heavy atom. The number of nitrogens with zero attached hydrogens (tertiary/aromatic N) is 1. The van der Waals surface area contributed by atoms with Crippen molar-refractivity contribution in [1.82, 2.24) is 0 Å². The Morgan fingerprint density at radius 2 is 1.92 bits per heavy atom. The molecule has 0 saturated carbocycles. The Balaban J connectivity index is 2.77. The van der Waals surface area contributed by atoms with E-state index in [2.05, 4.69) is 39.9 Å². The van der Waals surface area contributed by atoms with E-state index in [1.54, 1.807) is 0 Å². The second kappa shape index (κ2) is 3.11. The molecule has 0 bridgehead atoms. The number of rotatable bonds is 1. The van der Waals surface area contributed by atoms with E-state index in [4.69, 9.17) is 10.00 Å². The molecule has 1 fully saturated rings. The van der Waals surface area contributed by atoms with Crippen molar-refractivity contribution in [2.45, 2.75) is 50.5 Å². The van der Waals surface area contributed by atoms with Gasteiger partial charge in [0.2, 0.25) is 0 Å². The third-order valence-electron chi connectivity index (χ3n) is 3.81. The summed E-state index contributed by atoms with van der Waals surface area (Å²) in [6.45, 7) is 12.4. The zero-order chi connectivity index (χ0) is 10.3. The van der Waals surface area contributed by atoms with Crippen LogP contribution in [0, 0.1) is 11.3 Å². The summed E-state index contributed by atoms with van der Waals surface area (Å²) in [6, 6.07) is 2.24. The Kier molecular flexibility index (Phi) is 2.57. The van der Waals surface area contributed by atoms with E-state index in [1.807, 2.05) is 0 Å². The van der Waals surface area contributed by atoms with Crippen molar-refractivity contribution in [2.24, 2.45) is 0 Å². The fourth-order valence-electron chi connectivity index (χ4n) is 1.56. The Hall–Kier alpha value is -0.333. The van der Waals surface area contributed by atoms with Crippen molar-refractivity contribution in [3.05, 3.63) is 0 Å². The largest absolute Gasteiger partial charge is 0.363 e. The van der Waals surface area contributed by atoms with Gasteiger partial charge >= 0.3 is 0 Å². The van der Waals surface area contributed by atoms with Crippen molar-refractivity contribution in [3.8, 4) is 6.07 Å². The average molecular weight is 197 g/mol. The molecular weight excluding hydrogens is 178 g/mol. The first-order valence-corrected chi connectivity index (χ1v) is 7.89. The predicted octanol–water partition coefficient (Wildman–Crippen LogP) is 2.79. The van der Waals surface area contributed by atoms with Crippen molar-refractivity contribution < 1.29 is 4.74 Å². The van der Waals surface area contributed by atoms with Gasteiger partial charge < -0.3 is 4.74 Å². The first-order valence-electron chi connectivity index (χ1n) is 4.82. The first kappa shape index (κ1) is 10.7. The van der Waals surface area contributed by atoms with Crippen LogP contribution in [0.2, 0.25) is 23.7 Å². The van der Waals surface area contributed by atoms with E-state index < -0.39 is 8.07 Å². The highest BCUT2D eigenvalue weighted by atomic mass is 28.3. The van der Waals surface area contributed by atoms with Crippen molar-refractivity contribution in [1.29, 1.82) is 5.26 Å². The molecule has 1 heterocycles. The van der Waals surface area contributed by atoms with Crippen molar-refractivity contribution in [2.75, 3.05) is 6.61 Å². The first-order chi connectivity index (χ1) is 5.80. The van der Waals surface area contributed by atoms with Gasteiger partial charge in [-0.2, -0.15) is 5.26 Å². The standard InChI is InChI=1S/C10H19NOSi/c1-10(2,3)13(4,5)9-7-12-8(9)6-11/h8-9H,7H2,1-5H3. The summed E-state index contributed by atoms with van der Waals surface area (Å²) >= 11 is 0. The second-order valence-electron chi connectivity index (χ2n) is 5.46. The lowest BCUT2D eigenvalue weighted by molar-refractivity contribution is -0.0175. The highest BCUT2D eigenvalue weighted by Gasteiger charge is 2.50. The summed E-state index contributed by atoms with van der Waals surface area (Å²) in [6.07, 6.45) is -0.124.